The van der Waals surface area contributed by atoms with E-state index in [9.17, 15) is 29.1 Å². The summed E-state index contributed by atoms with van der Waals surface area (Å²) < 4.78 is 35.2. The lowest BCUT2D eigenvalue weighted by Crippen LogP contribution is -2.45. The Morgan fingerprint density at radius 3 is 2.87 bits per heavy atom. The standard InChI is InChI=1S/C17H18FN2O9P/c1-9-2-3-12-10(6-9)8-26-30(25,28-12)29-17(23,24)13-4-5-14(27-13)20-7-11(18)15(21)19-16(20)22/h2-3,6-7,13-14,23-25H,4-5,8H2,1H3/p+1. The Morgan fingerprint density at radius 2 is 2.10 bits per heavy atom. The lowest BCUT2D eigenvalue weighted by Gasteiger charge is -2.29. The Morgan fingerprint density at radius 1 is 1.33 bits per heavy atom. The highest BCUT2D eigenvalue weighted by Gasteiger charge is 2.60. The van der Waals surface area contributed by atoms with Crippen molar-refractivity contribution in [3.63, 3.8) is 0 Å². The number of hydrogen-bond acceptors (Lipinski definition) is 9. The van der Waals surface area contributed by atoms with Gasteiger partial charge in [-0.05, 0) is 31.9 Å². The van der Waals surface area contributed by atoms with E-state index in [-0.39, 0.29) is 25.2 Å². The van der Waals surface area contributed by atoms with Crippen molar-refractivity contribution in [3.8, 4) is 5.75 Å². The summed E-state index contributed by atoms with van der Waals surface area (Å²) in [5, 5.41) is 20.7. The van der Waals surface area contributed by atoms with Crippen molar-refractivity contribution in [3.05, 3.63) is 62.2 Å². The summed E-state index contributed by atoms with van der Waals surface area (Å²) in [5.74, 6) is -3.96. The number of rotatable bonds is 4. The first-order valence-corrected chi connectivity index (χ1v) is 10.4. The summed E-state index contributed by atoms with van der Waals surface area (Å²) in [7, 11) is -4.16. The van der Waals surface area contributed by atoms with Crippen LogP contribution in [0.2, 0.25) is 0 Å². The number of aliphatic hydroxyl groups is 2. The van der Waals surface area contributed by atoms with E-state index in [2.05, 4.69) is 0 Å². The molecule has 0 saturated carbocycles. The van der Waals surface area contributed by atoms with Crippen molar-refractivity contribution >= 4 is 8.17 Å². The number of aromatic nitrogens is 2. The maximum absolute atomic E-state index is 13.5. The zero-order valence-electron chi connectivity index (χ0n) is 15.6. The van der Waals surface area contributed by atoms with Crippen LogP contribution in [-0.2, 0) is 20.4 Å². The van der Waals surface area contributed by atoms with E-state index in [4.69, 9.17) is 18.3 Å². The molecule has 4 rings (SSSR count). The molecule has 13 heteroatoms. The summed E-state index contributed by atoms with van der Waals surface area (Å²) in [6.45, 7) is 1.80. The molecule has 0 aliphatic carbocycles. The van der Waals surface area contributed by atoms with Gasteiger partial charge in [0.2, 0.25) is 5.82 Å². The van der Waals surface area contributed by atoms with Crippen LogP contribution < -0.4 is 15.8 Å². The molecule has 1 aromatic heterocycles. The van der Waals surface area contributed by atoms with Gasteiger partial charge in [0.05, 0.1) is 6.20 Å². The summed E-state index contributed by atoms with van der Waals surface area (Å²) in [4.78, 5) is 35.3. The Kier molecular flexibility index (Phi) is 5.27. The molecule has 30 heavy (non-hydrogen) atoms. The number of nitrogens with one attached hydrogen (secondary N) is 1. The molecule has 0 amide bonds. The molecule has 11 nitrogen and oxygen atoms in total. The highest BCUT2D eigenvalue weighted by Crippen LogP contribution is 2.63. The Hall–Kier alpha value is -2.18. The molecule has 3 unspecified atom stereocenters. The van der Waals surface area contributed by atoms with E-state index < -0.39 is 43.5 Å². The van der Waals surface area contributed by atoms with Gasteiger partial charge in [0.15, 0.2) is 5.75 Å². The second-order valence-electron chi connectivity index (χ2n) is 6.99. The van der Waals surface area contributed by atoms with Crippen LogP contribution in [0.5, 0.6) is 5.75 Å². The fourth-order valence-electron chi connectivity index (χ4n) is 3.26. The lowest BCUT2D eigenvalue weighted by molar-refractivity contribution is -0.351. The van der Waals surface area contributed by atoms with Gasteiger partial charge in [-0.1, -0.05) is 16.2 Å². The number of nitrogens with zero attached hydrogens (tertiary/aromatic N) is 1. The molecule has 2 aliphatic heterocycles. The number of benzene rings is 1. The third-order valence-electron chi connectivity index (χ3n) is 4.71. The second-order valence-corrected chi connectivity index (χ2v) is 8.56. The van der Waals surface area contributed by atoms with E-state index >= 15 is 0 Å². The predicted octanol–water partition coefficient (Wildman–Crippen LogP) is 0.596. The number of hydrogen-bond donors (Lipinski definition) is 4. The molecule has 4 N–H and O–H groups in total. The summed E-state index contributed by atoms with van der Waals surface area (Å²) >= 11 is 0. The molecule has 162 valence electrons. The van der Waals surface area contributed by atoms with Crippen LogP contribution in [0.3, 0.4) is 0 Å². The Bertz CT molecular complexity index is 1090. The Labute approximate surface area is 168 Å². The zero-order valence-corrected chi connectivity index (χ0v) is 16.5. The minimum absolute atomic E-state index is 0.0271. The van der Waals surface area contributed by atoms with Gasteiger partial charge in [-0.2, -0.15) is 9.28 Å². The van der Waals surface area contributed by atoms with Crippen LogP contribution in [0.1, 0.15) is 30.2 Å². The monoisotopic (exact) mass is 445 g/mol. The molecule has 0 spiro atoms. The summed E-state index contributed by atoms with van der Waals surface area (Å²) in [6, 6.07) is 5.12. The quantitative estimate of drug-likeness (QED) is 0.391. The van der Waals surface area contributed by atoms with Gasteiger partial charge in [0, 0.05) is 5.56 Å². The smallest absolute Gasteiger partial charge is 0.346 e. The Balaban J connectivity index is 1.48. The average molecular weight is 445 g/mol. The SMILES string of the molecule is Cc1ccc2c(c1)CO[P+](O)(OC(O)(O)C1CCC(n3cc(F)c(=O)[nH]c3=O)O1)O2. The maximum atomic E-state index is 13.5. The van der Waals surface area contributed by atoms with Crippen molar-refractivity contribution in [1.29, 1.82) is 0 Å². The van der Waals surface area contributed by atoms with Crippen molar-refractivity contribution < 1.29 is 37.8 Å². The molecule has 1 fully saturated rings. The number of H-pyrrole nitrogens is 1. The van der Waals surface area contributed by atoms with Crippen molar-refractivity contribution in [1.82, 2.24) is 9.55 Å². The van der Waals surface area contributed by atoms with Crippen LogP contribution in [0.25, 0.3) is 0 Å². The van der Waals surface area contributed by atoms with E-state index in [1.54, 1.807) is 23.2 Å². The minimum atomic E-state index is -4.16. The predicted molar refractivity (Wildman–Crippen MR) is 98.4 cm³/mol. The summed E-state index contributed by atoms with van der Waals surface area (Å²) in [6.07, 6.45) is -1.82. The molecule has 3 atom stereocenters. The first-order chi connectivity index (χ1) is 14.1. The average Bonchev–Trinajstić information content (AvgIpc) is 3.15. The van der Waals surface area contributed by atoms with Crippen LogP contribution in [-0.4, -0.2) is 36.7 Å². The number of aromatic amines is 1. The van der Waals surface area contributed by atoms with E-state index in [1.165, 1.54) is 0 Å². The molecule has 2 aromatic rings. The van der Waals surface area contributed by atoms with E-state index in [0.717, 1.165) is 10.1 Å². The summed E-state index contributed by atoms with van der Waals surface area (Å²) in [5.41, 5.74) is -0.502. The van der Waals surface area contributed by atoms with E-state index in [1.807, 2.05) is 6.92 Å². The molecule has 2 aliphatic rings. The van der Waals surface area contributed by atoms with Gasteiger partial charge < -0.3 is 14.9 Å². The fourth-order valence-corrected chi connectivity index (χ4v) is 4.59. The van der Waals surface area contributed by atoms with Gasteiger partial charge in [0.1, 0.15) is 18.9 Å². The molecule has 1 saturated heterocycles. The lowest BCUT2D eigenvalue weighted by atomic mass is 10.1. The van der Waals surface area contributed by atoms with Crippen LogP contribution in [0, 0.1) is 12.7 Å². The number of ether oxygens (including phenoxy) is 1. The first kappa shape index (κ1) is 21.1. The van der Waals surface area contributed by atoms with Gasteiger partial charge in [-0.25, -0.2) is 4.79 Å². The normalized spacial score (nSPS) is 26.3. The van der Waals surface area contributed by atoms with Crippen molar-refractivity contribution in [2.45, 2.75) is 44.7 Å². The number of fused-ring (bicyclic) bond motifs is 1. The van der Waals surface area contributed by atoms with E-state index in [0.29, 0.717) is 11.8 Å². The van der Waals surface area contributed by atoms with Crippen molar-refractivity contribution in [2.75, 3.05) is 0 Å². The maximum Gasteiger partial charge on any atom is 0.625 e. The topological polar surface area (TPSA) is 152 Å². The van der Waals surface area contributed by atoms with Crippen LogP contribution in [0.4, 0.5) is 4.39 Å². The van der Waals surface area contributed by atoms with Crippen LogP contribution >= 0.6 is 8.17 Å². The number of aryl methyl sites for hydroxylation is 1. The number of halogens is 1. The molecular formula is C17H19FN2O9P+. The van der Waals surface area contributed by atoms with Gasteiger partial charge in [-0.15, -0.1) is 4.52 Å². The largest absolute Gasteiger partial charge is 0.625 e. The van der Waals surface area contributed by atoms with Gasteiger partial charge in [-0.3, -0.25) is 18.9 Å². The molecule has 0 bridgehead atoms. The molecule has 0 radical (unpaired) electrons. The molecular weight excluding hydrogens is 426 g/mol. The zero-order chi connectivity index (χ0) is 21.7. The first-order valence-electron chi connectivity index (χ1n) is 8.94. The third kappa shape index (κ3) is 4.03. The fraction of sp³-hybridized carbons (Fsp3) is 0.412. The van der Waals surface area contributed by atoms with Gasteiger partial charge in [0.25, 0.3) is 5.56 Å². The molecule has 1 aromatic carbocycles. The molecule has 3 heterocycles. The minimum Gasteiger partial charge on any atom is -0.346 e. The third-order valence-corrected chi connectivity index (χ3v) is 6.10. The highest BCUT2D eigenvalue weighted by molar-refractivity contribution is 7.55. The van der Waals surface area contributed by atoms with Crippen molar-refractivity contribution in [2.24, 2.45) is 0 Å². The highest BCUT2D eigenvalue weighted by atomic mass is 31.2. The van der Waals surface area contributed by atoms with Gasteiger partial charge >= 0.3 is 19.8 Å². The second kappa shape index (κ2) is 7.50. The van der Waals surface area contributed by atoms with Crippen LogP contribution in [0.15, 0.2) is 34.0 Å².